The fraction of sp³-hybridized carbons (Fsp3) is 0.364. The molecule has 1 amide bonds. The first-order valence-electron chi connectivity index (χ1n) is 9.89. The molecule has 0 bridgehead atoms. The molecule has 1 aromatic carbocycles. The first-order valence-corrected chi connectivity index (χ1v) is 10.7. The summed E-state index contributed by atoms with van der Waals surface area (Å²) in [5.74, 6) is 1.09. The van der Waals surface area contributed by atoms with Crippen molar-refractivity contribution in [3.05, 3.63) is 52.9 Å². The number of carbonyl (C=O) groups is 1. The number of nitrogens with one attached hydrogen (secondary N) is 2. The molecule has 1 saturated carbocycles. The standard InChI is InChI=1S/C22H25BrN4O2/c1-27(2)18-13-21(26-17-6-4-3-5-16(17)18)24-14-7-9-15(10-8-14)25-22(28)19-11-12-20(23)29-19/h3-6,11-15H,7-10H2,1-2H3,(H,24,26)(H,25,28)/t14-,15+. The highest BCUT2D eigenvalue weighted by Crippen LogP contribution is 2.29. The summed E-state index contributed by atoms with van der Waals surface area (Å²) in [6, 6.07) is 14.3. The molecule has 3 aromatic rings. The summed E-state index contributed by atoms with van der Waals surface area (Å²) >= 11 is 3.23. The van der Waals surface area contributed by atoms with E-state index in [1.165, 1.54) is 0 Å². The summed E-state index contributed by atoms with van der Waals surface area (Å²) in [7, 11) is 4.11. The molecule has 1 aliphatic rings. The number of hydrogen-bond donors (Lipinski definition) is 2. The summed E-state index contributed by atoms with van der Waals surface area (Å²) in [6.07, 6.45) is 3.83. The number of benzene rings is 1. The highest BCUT2D eigenvalue weighted by Gasteiger charge is 2.24. The maximum absolute atomic E-state index is 12.3. The number of carbonyl (C=O) groups excluding carboxylic acids is 1. The number of aromatic nitrogens is 1. The summed E-state index contributed by atoms with van der Waals surface area (Å²) < 4.78 is 5.90. The van der Waals surface area contributed by atoms with Gasteiger partial charge < -0.3 is 20.0 Å². The second-order valence-corrected chi connectivity index (χ2v) is 8.49. The van der Waals surface area contributed by atoms with E-state index in [1.54, 1.807) is 12.1 Å². The van der Waals surface area contributed by atoms with Crippen molar-refractivity contribution in [2.24, 2.45) is 0 Å². The quantitative estimate of drug-likeness (QED) is 0.576. The average molecular weight is 457 g/mol. The zero-order chi connectivity index (χ0) is 20.4. The number of furan rings is 1. The van der Waals surface area contributed by atoms with Crippen LogP contribution in [0.4, 0.5) is 11.5 Å². The fourth-order valence-electron chi connectivity index (χ4n) is 3.89. The lowest BCUT2D eigenvalue weighted by Gasteiger charge is -2.30. The third-order valence-corrected chi connectivity index (χ3v) is 5.81. The van der Waals surface area contributed by atoms with E-state index in [1.807, 2.05) is 18.2 Å². The van der Waals surface area contributed by atoms with Gasteiger partial charge in [-0.05, 0) is 59.8 Å². The summed E-state index contributed by atoms with van der Waals surface area (Å²) in [6.45, 7) is 0. The van der Waals surface area contributed by atoms with Gasteiger partial charge in [0.05, 0.1) is 5.52 Å². The van der Waals surface area contributed by atoms with E-state index in [-0.39, 0.29) is 11.9 Å². The van der Waals surface area contributed by atoms with E-state index in [0.29, 0.717) is 16.5 Å². The lowest BCUT2D eigenvalue weighted by Crippen LogP contribution is -2.40. The van der Waals surface area contributed by atoms with Crippen molar-refractivity contribution in [1.82, 2.24) is 10.3 Å². The first kappa shape index (κ1) is 19.8. The zero-order valence-electron chi connectivity index (χ0n) is 16.6. The largest absolute Gasteiger partial charge is 0.444 e. The van der Waals surface area contributed by atoms with Crippen molar-refractivity contribution >= 4 is 44.2 Å². The predicted molar refractivity (Wildman–Crippen MR) is 120 cm³/mol. The molecule has 2 aromatic heterocycles. The van der Waals surface area contributed by atoms with Gasteiger partial charge in [0.2, 0.25) is 0 Å². The molecular weight excluding hydrogens is 432 g/mol. The number of para-hydroxylation sites is 1. The molecule has 2 N–H and O–H groups in total. The molecule has 1 aliphatic carbocycles. The van der Waals surface area contributed by atoms with Gasteiger partial charge >= 0.3 is 0 Å². The number of fused-ring (bicyclic) bond motifs is 1. The van der Waals surface area contributed by atoms with E-state index in [4.69, 9.17) is 9.40 Å². The molecule has 0 unspecified atom stereocenters. The van der Waals surface area contributed by atoms with Crippen LogP contribution in [0.25, 0.3) is 10.9 Å². The maximum atomic E-state index is 12.3. The van der Waals surface area contributed by atoms with E-state index < -0.39 is 0 Å². The lowest BCUT2D eigenvalue weighted by molar-refractivity contribution is 0.0897. The minimum absolute atomic E-state index is 0.154. The molecule has 4 rings (SSSR count). The SMILES string of the molecule is CN(C)c1cc(N[C@H]2CC[C@@H](NC(=O)c3ccc(Br)o3)CC2)nc2ccccc12. The highest BCUT2D eigenvalue weighted by atomic mass is 79.9. The van der Waals surface area contributed by atoms with Gasteiger partial charge in [0.15, 0.2) is 10.4 Å². The lowest BCUT2D eigenvalue weighted by atomic mass is 9.91. The minimum Gasteiger partial charge on any atom is -0.444 e. The number of nitrogens with zero attached hydrogens (tertiary/aromatic N) is 2. The third kappa shape index (κ3) is 4.56. The van der Waals surface area contributed by atoms with Gasteiger partial charge in [-0.25, -0.2) is 4.98 Å². The Hall–Kier alpha value is -2.54. The normalized spacial score (nSPS) is 19.1. The molecule has 0 radical (unpaired) electrons. The smallest absolute Gasteiger partial charge is 0.287 e. The Balaban J connectivity index is 1.38. The molecule has 152 valence electrons. The van der Waals surface area contributed by atoms with E-state index in [0.717, 1.165) is 48.1 Å². The van der Waals surface area contributed by atoms with Crippen molar-refractivity contribution in [3.63, 3.8) is 0 Å². The molecule has 0 atom stereocenters. The molecule has 29 heavy (non-hydrogen) atoms. The van der Waals surface area contributed by atoms with Gasteiger partial charge in [-0.15, -0.1) is 0 Å². The Labute approximate surface area is 178 Å². The number of pyridine rings is 1. The minimum atomic E-state index is -0.154. The molecule has 7 heteroatoms. The fourth-order valence-corrected chi connectivity index (χ4v) is 4.19. The molecule has 1 fully saturated rings. The van der Waals surface area contributed by atoms with Gasteiger partial charge in [-0.2, -0.15) is 0 Å². The van der Waals surface area contributed by atoms with Crippen LogP contribution in [0.3, 0.4) is 0 Å². The zero-order valence-corrected chi connectivity index (χ0v) is 18.2. The van der Waals surface area contributed by atoms with Crippen LogP contribution in [0, 0.1) is 0 Å². The second-order valence-electron chi connectivity index (χ2n) is 7.71. The Morgan fingerprint density at radius 2 is 1.83 bits per heavy atom. The van der Waals surface area contributed by atoms with Crippen LogP contribution in [0.5, 0.6) is 0 Å². The third-order valence-electron chi connectivity index (χ3n) is 5.39. The Kier molecular flexibility index (Phi) is 5.76. The Morgan fingerprint density at radius 1 is 1.10 bits per heavy atom. The van der Waals surface area contributed by atoms with E-state index >= 15 is 0 Å². The summed E-state index contributed by atoms with van der Waals surface area (Å²) in [5, 5.41) is 7.83. The number of hydrogen-bond acceptors (Lipinski definition) is 5. The molecule has 0 spiro atoms. The van der Waals surface area contributed by atoms with Gasteiger partial charge in [0.25, 0.3) is 5.91 Å². The van der Waals surface area contributed by atoms with Crippen molar-refractivity contribution in [2.75, 3.05) is 24.3 Å². The molecular formula is C22H25BrN4O2. The van der Waals surface area contributed by atoms with E-state index in [9.17, 15) is 4.79 Å². The topological polar surface area (TPSA) is 70.4 Å². The van der Waals surface area contributed by atoms with Crippen LogP contribution >= 0.6 is 15.9 Å². The van der Waals surface area contributed by atoms with Crippen LogP contribution in [0.15, 0.2) is 51.6 Å². The Bertz CT molecular complexity index is 1010. The van der Waals surface area contributed by atoms with Gasteiger partial charge in [-0.3, -0.25) is 4.79 Å². The Morgan fingerprint density at radius 3 is 2.52 bits per heavy atom. The van der Waals surface area contributed by atoms with Crippen molar-refractivity contribution < 1.29 is 9.21 Å². The number of halogens is 1. The maximum Gasteiger partial charge on any atom is 0.287 e. The van der Waals surface area contributed by atoms with Crippen LogP contribution < -0.4 is 15.5 Å². The monoisotopic (exact) mass is 456 g/mol. The molecule has 0 saturated heterocycles. The van der Waals surface area contributed by atoms with Crippen molar-refractivity contribution in [2.45, 2.75) is 37.8 Å². The highest BCUT2D eigenvalue weighted by molar-refractivity contribution is 9.10. The molecule has 6 nitrogen and oxygen atoms in total. The summed E-state index contributed by atoms with van der Waals surface area (Å²) in [4.78, 5) is 19.2. The average Bonchev–Trinajstić information content (AvgIpc) is 3.15. The van der Waals surface area contributed by atoms with Gasteiger partial charge in [0, 0.05) is 43.3 Å². The molecule has 2 heterocycles. The van der Waals surface area contributed by atoms with E-state index in [2.05, 4.69) is 57.7 Å². The van der Waals surface area contributed by atoms with Gasteiger partial charge in [0.1, 0.15) is 5.82 Å². The number of amides is 1. The predicted octanol–water partition coefficient (Wildman–Crippen LogP) is 4.81. The first-order chi connectivity index (χ1) is 14.0. The second kappa shape index (κ2) is 8.45. The van der Waals surface area contributed by atoms with Gasteiger partial charge in [-0.1, -0.05) is 18.2 Å². The van der Waals surface area contributed by atoms with Crippen LogP contribution in [0.2, 0.25) is 0 Å². The van der Waals surface area contributed by atoms with Crippen LogP contribution in [-0.2, 0) is 0 Å². The van der Waals surface area contributed by atoms with Crippen molar-refractivity contribution in [1.29, 1.82) is 0 Å². The molecule has 0 aliphatic heterocycles. The number of anilines is 2. The van der Waals surface area contributed by atoms with Crippen LogP contribution in [-0.4, -0.2) is 37.1 Å². The van der Waals surface area contributed by atoms with Crippen LogP contribution in [0.1, 0.15) is 36.2 Å². The number of rotatable bonds is 5. The summed E-state index contributed by atoms with van der Waals surface area (Å²) in [5.41, 5.74) is 2.15. The van der Waals surface area contributed by atoms with Crippen molar-refractivity contribution in [3.8, 4) is 0 Å².